The van der Waals surface area contributed by atoms with Crippen LogP contribution in [0.2, 0.25) is 0 Å². The van der Waals surface area contributed by atoms with Crippen molar-refractivity contribution in [1.82, 2.24) is 14.6 Å². The van der Waals surface area contributed by atoms with E-state index in [2.05, 4.69) is 64.0 Å². The molecule has 2 aromatic carbocycles. The van der Waals surface area contributed by atoms with Crippen LogP contribution in [0, 0.1) is 0 Å². The number of pyridine rings is 1. The second-order valence-corrected chi connectivity index (χ2v) is 5.17. The Labute approximate surface area is 122 Å². The van der Waals surface area contributed by atoms with Gasteiger partial charge in [0, 0.05) is 17.1 Å². The van der Waals surface area contributed by atoms with E-state index < -0.39 is 0 Å². The molecule has 2 heterocycles. The maximum Gasteiger partial charge on any atom is 0.168 e. The van der Waals surface area contributed by atoms with Gasteiger partial charge in [-0.25, -0.2) is 0 Å². The highest BCUT2D eigenvalue weighted by Gasteiger charge is 2.10. The standard InChI is InChI=1S/C18H15N3/c1-2-13-6-5-8-15(12-13)17-19-20-18-16-9-4-3-7-14(16)10-11-21(17)18/h3-12H,2H2,1H3. The molecule has 21 heavy (non-hydrogen) atoms. The fourth-order valence-corrected chi connectivity index (χ4v) is 2.74. The van der Waals surface area contributed by atoms with E-state index in [0.29, 0.717) is 0 Å². The Morgan fingerprint density at radius 1 is 0.952 bits per heavy atom. The average Bonchev–Trinajstić information content (AvgIpc) is 2.99. The minimum atomic E-state index is 0.894. The number of hydrogen-bond acceptors (Lipinski definition) is 2. The van der Waals surface area contributed by atoms with E-state index in [-0.39, 0.29) is 0 Å². The molecule has 0 aliphatic carbocycles. The lowest BCUT2D eigenvalue weighted by molar-refractivity contribution is 1.10. The van der Waals surface area contributed by atoms with Crippen molar-refractivity contribution in [2.45, 2.75) is 13.3 Å². The molecule has 0 aliphatic rings. The second-order valence-electron chi connectivity index (χ2n) is 5.17. The lowest BCUT2D eigenvalue weighted by atomic mass is 10.1. The quantitative estimate of drug-likeness (QED) is 0.550. The summed E-state index contributed by atoms with van der Waals surface area (Å²) in [4.78, 5) is 0. The number of rotatable bonds is 2. The predicted octanol–water partition coefficient (Wildman–Crippen LogP) is 4.11. The Bertz CT molecular complexity index is 937. The van der Waals surface area contributed by atoms with Crippen molar-refractivity contribution in [1.29, 1.82) is 0 Å². The number of fused-ring (bicyclic) bond motifs is 3. The fraction of sp³-hybridized carbons (Fsp3) is 0.111. The number of nitrogens with zero attached hydrogens (tertiary/aromatic N) is 3. The number of aryl methyl sites for hydroxylation is 1. The van der Waals surface area contributed by atoms with Crippen molar-refractivity contribution in [3.05, 3.63) is 66.4 Å². The summed E-state index contributed by atoms with van der Waals surface area (Å²) in [6, 6.07) is 18.9. The van der Waals surface area contributed by atoms with Crippen molar-refractivity contribution >= 4 is 16.4 Å². The first-order chi connectivity index (χ1) is 10.4. The van der Waals surface area contributed by atoms with Gasteiger partial charge < -0.3 is 0 Å². The molecule has 0 unspecified atom stereocenters. The predicted molar refractivity (Wildman–Crippen MR) is 85.3 cm³/mol. The zero-order valence-electron chi connectivity index (χ0n) is 11.8. The van der Waals surface area contributed by atoms with Gasteiger partial charge in [0.1, 0.15) is 0 Å². The van der Waals surface area contributed by atoms with Crippen LogP contribution < -0.4 is 0 Å². The van der Waals surface area contributed by atoms with Gasteiger partial charge >= 0.3 is 0 Å². The van der Waals surface area contributed by atoms with E-state index in [1.807, 2.05) is 18.3 Å². The SMILES string of the molecule is CCc1cccc(-c2nnc3c4ccccc4ccn23)c1. The van der Waals surface area contributed by atoms with Crippen LogP contribution >= 0.6 is 0 Å². The summed E-state index contributed by atoms with van der Waals surface area (Å²) in [5.74, 6) is 0.894. The molecule has 0 bridgehead atoms. The third-order valence-electron chi connectivity index (χ3n) is 3.89. The monoisotopic (exact) mass is 273 g/mol. The van der Waals surface area contributed by atoms with Crippen LogP contribution in [0.4, 0.5) is 0 Å². The molecule has 0 saturated carbocycles. The highest BCUT2D eigenvalue weighted by molar-refractivity contribution is 5.94. The highest BCUT2D eigenvalue weighted by atomic mass is 15.2. The summed E-state index contributed by atoms with van der Waals surface area (Å²) in [5.41, 5.74) is 3.33. The van der Waals surface area contributed by atoms with Crippen molar-refractivity contribution in [2.75, 3.05) is 0 Å². The van der Waals surface area contributed by atoms with E-state index in [9.17, 15) is 0 Å². The van der Waals surface area contributed by atoms with Gasteiger partial charge in [0.15, 0.2) is 11.5 Å². The third kappa shape index (κ3) is 1.89. The number of benzene rings is 2. The van der Waals surface area contributed by atoms with E-state index in [0.717, 1.165) is 28.8 Å². The second kappa shape index (κ2) is 4.70. The smallest absolute Gasteiger partial charge is 0.168 e. The first kappa shape index (κ1) is 12.1. The van der Waals surface area contributed by atoms with Crippen LogP contribution in [-0.2, 0) is 6.42 Å². The highest BCUT2D eigenvalue weighted by Crippen LogP contribution is 2.24. The molecule has 0 spiro atoms. The fourth-order valence-electron chi connectivity index (χ4n) is 2.74. The minimum Gasteiger partial charge on any atom is -0.282 e. The van der Waals surface area contributed by atoms with Crippen molar-refractivity contribution in [3.63, 3.8) is 0 Å². The Hall–Kier alpha value is -2.68. The van der Waals surface area contributed by atoms with E-state index >= 15 is 0 Å². The topological polar surface area (TPSA) is 30.2 Å². The van der Waals surface area contributed by atoms with E-state index in [1.165, 1.54) is 10.9 Å². The number of aromatic nitrogens is 3. The first-order valence-electron chi connectivity index (χ1n) is 7.18. The van der Waals surface area contributed by atoms with Gasteiger partial charge in [-0.3, -0.25) is 4.40 Å². The van der Waals surface area contributed by atoms with Gasteiger partial charge in [0.25, 0.3) is 0 Å². The van der Waals surface area contributed by atoms with E-state index in [4.69, 9.17) is 0 Å². The molecule has 102 valence electrons. The molecule has 3 heteroatoms. The summed E-state index contributed by atoms with van der Waals surface area (Å²) in [6.07, 6.45) is 3.07. The molecule has 2 aromatic heterocycles. The maximum absolute atomic E-state index is 4.40. The Morgan fingerprint density at radius 3 is 2.76 bits per heavy atom. The van der Waals surface area contributed by atoms with Gasteiger partial charge in [-0.05, 0) is 29.5 Å². The van der Waals surface area contributed by atoms with Crippen LogP contribution in [-0.4, -0.2) is 14.6 Å². The maximum atomic E-state index is 4.40. The molecule has 3 nitrogen and oxygen atoms in total. The molecule has 4 aromatic rings. The van der Waals surface area contributed by atoms with Crippen molar-refractivity contribution < 1.29 is 0 Å². The Morgan fingerprint density at radius 2 is 1.86 bits per heavy atom. The molecular weight excluding hydrogens is 258 g/mol. The molecule has 0 N–H and O–H groups in total. The van der Waals surface area contributed by atoms with Gasteiger partial charge in [-0.2, -0.15) is 0 Å². The summed E-state index contributed by atoms with van der Waals surface area (Å²) < 4.78 is 2.07. The zero-order chi connectivity index (χ0) is 14.2. The molecular formula is C18H15N3. The van der Waals surface area contributed by atoms with Gasteiger partial charge in [0.05, 0.1) is 0 Å². The minimum absolute atomic E-state index is 0.894. The van der Waals surface area contributed by atoms with Crippen LogP contribution in [0.15, 0.2) is 60.8 Å². The lowest BCUT2D eigenvalue weighted by Gasteiger charge is -2.04. The van der Waals surface area contributed by atoms with Gasteiger partial charge in [0.2, 0.25) is 0 Å². The summed E-state index contributed by atoms with van der Waals surface area (Å²) in [6.45, 7) is 2.16. The summed E-state index contributed by atoms with van der Waals surface area (Å²) >= 11 is 0. The third-order valence-corrected chi connectivity index (χ3v) is 3.89. The first-order valence-corrected chi connectivity index (χ1v) is 7.18. The molecule has 0 aliphatic heterocycles. The summed E-state index contributed by atoms with van der Waals surface area (Å²) in [7, 11) is 0. The molecule has 0 fully saturated rings. The van der Waals surface area contributed by atoms with Crippen LogP contribution in [0.3, 0.4) is 0 Å². The average molecular weight is 273 g/mol. The number of hydrogen-bond donors (Lipinski definition) is 0. The van der Waals surface area contributed by atoms with Crippen LogP contribution in [0.25, 0.3) is 27.8 Å². The summed E-state index contributed by atoms with van der Waals surface area (Å²) in [5, 5.41) is 11.1. The van der Waals surface area contributed by atoms with Crippen molar-refractivity contribution in [3.8, 4) is 11.4 Å². The largest absolute Gasteiger partial charge is 0.282 e. The molecule has 0 saturated heterocycles. The van der Waals surface area contributed by atoms with Crippen LogP contribution in [0.5, 0.6) is 0 Å². The molecule has 0 radical (unpaired) electrons. The lowest BCUT2D eigenvalue weighted by Crippen LogP contribution is -1.91. The Kier molecular flexibility index (Phi) is 2.71. The molecule has 0 amide bonds. The molecule has 0 atom stereocenters. The van der Waals surface area contributed by atoms with Crippen molar-refractivity contribution in [2.24, 2.45) is 0 Å². The van der Waals surface area contributed by atoms with Crippen LogP contribution in [0.1, 0.15) is 12.5 Å². The van der Waals surface area contributed by atoms with E-state index in [1.54, 1.807) is 0 Å². The molecule has 4 rings (SSSR count). The Balaban J connectivity index is 1.99. The van der Waals surface area contributed by atoms with Gasteiger partial charge in [-0.1, -0.05) is 49.4 Å². The van der Waals surface area contributed by atoms with Gasteiger partial charge in [-0.15, -0.1) is 10.2 Å². The zero-order valence-corrected chi connectivity index (χ0v) is 11.8. The normalized spacial score (nSPS) is 11.3.